The molecule has 0 aromatic heterocycles. The first-order valence-corrected chi connectivity index (χ1v) is 7.24. The minimum absolute atomic E-state index is 0.336. The van der Waals surface area contributed by atoms with Gasteiger partial charge in [0.05, 0.1) is 19.3 Å². The SMILES string of the molecule is CC1CC=CCC1COCC(O)CNCCNC(N)=O. The Morgan fingerprint density at radius 1 is 1.45 bits per heavy atom. The molecule has 3 atom stereocenters. The molecular weight excluding hydrogens is 258 g/mol. The highest BCUT2D eigenvalue weighted by Gasteiger charge is 2.18. The second kappa shape index (κ2) is 9.74. The monoisotopic (exact) mass is 285 g/mol. The number of amides is 2. The van der Waals surface area contributed by atoms with Crippen molar-refractivity contribution in [3.05, 3.63) is 12.2 Å². The number of aliphatic hydroxyl groups excluding tert-OH is 1. The average molecular weight is 285 g/mol. The fourth-order valence-corrected chi connectivity index (χ4v) is 2.20. The number of ether oxygens (including phenoxy) is 1. The van der Waals surface area contributed by atoms with E-state index < -0.39 is 12.1 Å². The van der Waals surface area contributed by atoms with E-state index in [1.54, 1.807) is 0 Å². The molecule has 6 nitrogen and oxygen atoms in total. The Kier molecular flexibility index (Phi) is 8.25. The fraction of sp³-hybridized carbons (Fsp3) is 0.786. The van der Waals surface area contributed by atoms with E-state index in [9.17, 15) is 9.90 Å². The maximum Gasteiger partial charge on any atom is 0.312 e. The molecular formula is C14H27N3O3. The van der Waals surface area contributed by atoms with Crippen molar-refractivity contribution in [2.24, 2.45) is 17.6 Å². The standard InChI is InChI=1S/C14H27N3O3/c1-11-4-2-3-5-12(11)9-20-10-13(18)8-16-6-7-17-14(15)19/h2-3,11-13,16,18H,4-10H2,1H3,(H3,15,17,19). The number of hydrogen-bond donors (Lipinski definition) is 4. The minimum atomic E-state index is -0.536. The van der Waals surface area contributed by atoms with Crippen LogP contribution in [0.1, 0.15) is 19.8 Å². The van der Waals surface area contributed by atoms with E-state index in [-0.39, 0.29) is 0 Å². The maximum atomic E-state index is 10.4. The summed E-state index contributed by atoms with van der Waals surface area (Å²) >= 11 is 0. The second-order valence-corrected chi connectivity index (χ2v) is 5.37. The molecule has 5 N–H and O–H groups in total. The number of allylic oxidation sites excluding steroid dienone is 2. The molecule has 3 unspecified atom stereocenters. The Morgan fingerprint density at radius 2 is 2.20 bits per heavy atom. The smallest absolute Gasteiger partial charge is 0.312 e. The molecule has 0 aromatic rings. The number of rotatable bonds is 9. The van der Waals surface area contributed by atoms with Crippen LogP contribution < -0.4 is 16.4 Å². The molecule has 1 aliphatic carbocycles. The largest absolute Gasteiger partial charge is 0.389 e. The summed E-state index contributed by atoms with van der Waals surface area (Å²) in [4.78, 5) is 10.4. The van der Waals surface area contributed by atoms with Crippen molar-refractivity contribution in [3.63, 3.8) is 0 Å². The molecule has 6 heteroatoms. The van der Waals surface area contributed by atoms with Gasteiger partial charge in [-0.15, -0.1) is 0 Å². The lowest BCUT2D eigenvalue weighted by atomic mass is 9.85. The van der Waals surface area contributed by atoms with Gasteiger partial charge in [0, 0.05) is 19.6 Å². The van der Waals surface area contributed by atoms with E-state index in [2.05, 4.69) is 29.7 Å². The number of nitrogens with two attached hydrogens (primary N) is 1. The summed E-state index contributed by atoms with van der Waals surface area (Å²) in [5.74, 6) is 1.20. The van der Waals surface area contributed by atoms with Gasteiger partial charge in [0.2, 0.25) is 0 Å². The van der Waals surface area contributed by atoms with Crippen molar-refractivity contribution in [1.82, 2.24) is 10.6 Å². The average Bonchev–Trinajstić information content (AvgIpc) is 2.40. The molecule has 116 valence electrons. The van der Waals surface area contributed by atoms with E-state index in [1.807, 2.05) is 0 Å². The number of carbonyl (C=O) groups is 1. The second-order valence-electron chi connectivity index (χ2n) is 5.37. The van der Waals surface area contributed by atoms with Gasteiger partial charge in [0.15, 0.2) is 0 Å². The number of urea groups is 1. The Labute approximate surface area is 120 Å². The van der Waals surface area contributed by atoms with Crippen molar-refractivity contribution >= 4 is 6.03 Å². The molecule has 0 radical (unpaired) electrons. The lowest BCUT2D eigenvalue weighted by molar-refractivity contribution is 0.0130. The van der Waals surface area contributed by atoms with Crippen molar-refractivity contribution < 1.29 is 14.6 Å². The summed E-state index contributed by atoms with van der Waals surface area (Å²) in [5, 5.41) is 15.2. The quantitative estimate of drug-likeness (QED) is 0.360. The lowest BCUT2D eigenvalue weighted by Crippen LogP contribution is -2.38. The first kappa shape index (κ1) is 16.9. The van der Waals surface area contributed by atoms with Crippen LogP contribution >= 0.6 is 0 Å². The third kappa shape index (κ3) is 7.47. The highest BCUT2D eigenvalue weighted by molar-refractivity contribution is 5.71. The molecule has 0 heterocycles. The number of primary amides is 1. The van der Waals surface area contributed by atoms with Crippen molar-refractivity contribution in [3.8, 4) is 0 Å². The molecule has 0 fully saturated rings. The number of aliphatic hydroxyl groups is 1. The van der Waals surface area contributed by atoms with Gasteiger partial charge in [0.25, 0.3) is 0 Å². The molecule has 1 rings (SSSR count). The van der Waals surface area contributed by atoms with Crippen molar-refractivity contribution in [1.29, 1.82) is 0 Å². The summed E-state index contributed by atoms with van der Waals surface area (Å²) in [6.45, 7) is 4.75. The van der Waals surface area contributed by atoms with Gasteiger partial charge in [-0.1, -0.05) is 19.1 Å². The predicted octanol–water partition coefficient (Wildman–Crippen LogP) is 0.224. The van der Waals surface area contributed by atoms with Gasteiger partial charge in [-0.25, -0.2) is 4.79 Å². The third-order valence-corrected chi connectivity index (χ3v) is 3.54. The van der Waals surface area contributed by atoms with Gasteiger partial charge in [-0.3, -0.25) is 0 Å². The Balaban J connectivity index is 1.98. The Hall–Kier alpha value is -1.11. The summed E-state index contributed by atoms with van der Waals surface area (Å²) in [6.07, 6.45) is 6.08. The van der Waals surface area contributed by atoms with Crippen LogP contribution in [0.2, 0.25) is 0 Å². The molecule has 2 amide bonds. The van der Waals surface area contributed by atoms with E-state index >= 15 is 0 Å². The van der Waals surface area contributed by atoms with Crippen molar-refractivity contribution in [2.45, 2.75) is 25.9 Å². The number of nitrogens with one attached hydrogen (secondary N) is 2. The van der Waals surface area contributed by atoms with E-state index in [0.717, 1.165) is 12.8 Å². The van der Waals surface area contributed by atoms with Gasteiger partial charge >= 0.3 is 6.03 Å². The predicted molar refractivity (Wildman–Crippen MR) is 78.3 cm³/mol. The van der Waals surface area contributed by atoms with Gasteiger partial charge in [-0.05, 0) is 24.7 Å². The highest BCUT2D eigenvalue weighted by atomic mass is 16.5. The molecule has 0 saturated carbocycles. The first-order valence-electron chi connectivity index (χ1n) is 7.24. The molecule has 0 aliphatic heterocycles. The highest BCUT2D eigenvalue weighted by Crippen LogP contribution is 2.24. The zero-order valence-electron chi connectivity index (χ0n) is 12.2. The van der Waals surface area contributed by atoms with Crippen LogP contribution in [-0.4, -0.2) is 50.1 Å². The van der Waals surface area contributed by atoms with Gasteiger partial charge < -0.3 is 26.2 Å². The summed E-state index contributed by atoms with van der Waals surface area (Å²) in [5.41, 5.74) is 4.93. The van der Waals surface area contributed by atoms with Crippen LogP contribution in [-0.2, 0) is 4.74 Å². The fourth-order valence-electron chi connectivity index (χ4n) is 2.20. The van der Waals surface area contributed by atoms with Crippen LogP contribution in [0.4, 0.5) is 4.79 Å². The molecule has 0 bridgehead atoms. The number of carbonyl (C=O) groups excluding carboxylic acids is 1. The van der Waals surface area contributed by atoms with Gasteiger partial charge in [-0.2, -0.15) is 0 Å². The Morgan fingerprint density at radius 3 is 2.90 bits per heavy atom. The van der Waals surface area contributed by atoms with Crippen LogP contribution in [0.25, 0.3) is 0 Å². The van der Waals surface area contributed by atoms with Crippen molar-refractivity contribution in [2.75, 3.05) is 32.8 Å². The normalized spacial score (nSPS) is 23.5. The van der Waals surface area contributed by atoms with Crippen LogP contribution in [0.3, 0.4) is 0 Å². The maximum absolute atomic E-state index is 10.4. The zero-order valence-corrected chi connectivity index (χ0v) is 12.2. The Bertz CT molecular complexity index is 310. The minimum Gasteiger partial charge on any atom is -0.389 e. The van der Waals surface area contributed by atoms with Gasteiger partial charge in [0.1, 0.15) is 0 Å². The summed E-state index contributed by atoms with van der Waals surface area (Å²) in [7, 11) is 0. The third-order valence-electron chi connectivity index (χ3n) is 3.54. The van der Waals surface area contributed by atoms with E-state index in [1.165, 1.54) is 0 Å². The lowest BCUT2D eigenvalue weighted by Gasteiger charge is -2.25. The number of hydrogen-bond acceptors (Lipinski definition) is 4. The molecule has 0 aromatic carbocycles. The topological polar surface area (TPSA) is 96.6 Å². The zero-order chi connectivity index (χ0) is 14.8. The summed E-state index contributed by atoms with van der Waals surface area (Å²) < 4.78 is 5.59. The molecule has 0 spiro atoms. The van der Waals surface area contributed by atoms with Crippen LogP contribution in [0.5, 0.6) is 0 Å². The summed E-state index contributed by atoms with van der Waals surface area (Å²) in [6, 6.07) is -0.536. The van der Waals surface area contributed by atoms with Crippen LogP contribution in [0.15, 0.2) is 12.2 Å². The van der Waals surface area contributed by atoms with E-state index in [0.29, 0.717) is 44.7 Å². The molecule has 20 heavy (non-hydrogen) atoms. The van der Waals surface area contributed by atoms with Crippen LogP contribution in [0, 0.1) is 11.8 Å². The first-order chi connectivity index (χ1) is 9.59. The van der Waals surface area contributed by atoms with E-state index in [4.69, 9.17) is 10.5 Å². The molecule has 1 aliphatic rings. The molecule has 0 saturated heterocycles.